The Morgan fingerprint density at radius 1 is 1.17 bits per heavy atom. The van der Waals surface area contributed by atoms with Crippen LogP contribution < -0.4 is 10.1 Å². The number of fused-ring (bicyclic) bond motifs is 3. The summed E-state index contributed by atoms with van der Waals surface area (Å²) >= 11 is 0. The second-order valence-corrected chi connectivity index (χ2v) is 8.35. The molecule has 0 radical (unpaired) electrons. The average molecular weight is 412 g/mol. The molecule has 1 aromatic carbocycles. The maximum Gasteiger partial charge on any atom is 0.241 e. The van der Waals surface area contributed by atoms with E-state index in [2.05, 4.69) is 40.1 Å². The van der Waals surface area contributed by atoms with E-state index in [-0.39, 0.29) is 12.5 Å². The van der Waals surface area contributed by atoms with Gasteiger partial charge in [0.25, 0.3) is 0 Å². The topological polar surface area (TPSA) is 62.6 Å². The van der Waals surface area contributed by atoms with Crippen molar-refractivity contribution in [1.82, 2.24) is 24.9 Å². The minimum Gasteiger partial charge on any atom is -0.488 e. The van der Waals surface area contributed by atoms with Crippen LogP contribution in [0, 0.1) is 6.92 Å². The molecule has 0 saturated carbocycles. The van der Waals surface area contributed by atoms with E-state index in [1.54, 1.807) is 4.68 Å². The summed E-state index contributed by atoms with van der Waals surface area (Å²) in [5.41, 5.74) is 4.21. The number of nitrogens with zero attached hydrogens (tertiary/aromatic N) is 4. The summed E-state index contributed by atoms with van der Waals surface area (Å²) in [5, 5.41) is 7.52. The highest BCUT2D eigenvalue weighted by molar-refractivity contribution is 5.78. The quantitative estimate of drug-likeness (QED) is 0.676. The van der Waals surface area contributed by atoms with Crippen LogP contribution in [0.3, 0.4) is 0 Å². The first-order chi connectivity index (χ1) is 14.6. The predicted molar refractivity (Wildman–Crippen MR) is 118 cm³/mol. The van der Waals surface area contributed by atoms with Gasteiger partial charge in [0.1, 0.15) is 18.9 Å². The second kappa shape index (κ2) is 9.62. The fourth-order valence-corrected chi connectivity index (χ4v) is 4.35. The molecule has 1 saturated heterocycles. The molecule has 0 bridgehead atoms. The lowest BCUT2D eigenvalue weighted by Gasteiger charge is -2.34. The van der Waals surface area contributed by atoms with E-state index in [1.807, 2.05) is 18.3 Å². The van der Waals surface area contributed by atoms with Crippen molar-refractivity contribution in [1.29, 1.82) is 0 Å². The Hall–Kier alpha value is -2.38. The van der Waals surface area contributed by atoms with Gasteiger partial charge in [0.05, 0.1) is 11.9 Å². The number of hydrogen-bond acceptors (Lipinski definition) is 5. The van der Waals surface area contributed by atoms with Crippen molar-refractivity contribution in [3.63, 3.8) is 0 Å². The first-order valence-corrected chi connectivity index (χ1v) is 11.1. The van der Waals surface area contributed by atoms with Crippen LogP contribution >= 0.6 is 0 Å². The number of hydrogen-bond donors (Lipinski definition) is 1. The Balaban J connectivity index is 1.25. The number of aryl methyl sites for hydroxylation is 1. The van der Waals surface area contributed by atoms with Crippen LogP contribution in [0.1, 0.15) is 30.9 Å². The van der Waals surface area contributed by atoms with E-state index in [4.69, 9.17) is 4.74 Å². The molecular weight excluding hydrogens is 378 g/mol. The summed E-state index contributed by atoms with van der Waals surface area (Å²) in [6, 6.07) is 6.14. The molecule has 0 spiro atoms. The van der Waals surface area contributed by atoms with Gasteiger partial charge in [0.15, 0.2) is 0 Å². The molecule has 1 N–H and O–H groups in total. The summed E-state index contributed by atoms with van der Waals surface area (Å²) in [5.74, 6) is 0.864. The first kappa shape index (κ1) is 20.9. The molecule has 2 aromatic rings. The summed E-state index contributed by atoms with van der Waals surface area (Å²) in [4.78, 5) is 17.6. The van der Waals surface area contributed by atoms with Crippen LogP contribution in [-0.4, -0.2) is 71.3 Å². The SMILES string of the molecule is CCCN1CCN(CCCNC(=O)Cn2ncc3c2-c2cc(C)ccc2OC3)CC1. The van der Waals surface area contributed by atoms with Gasteiger partial charge in [-0.3, -0.25) is 9.48 Å². The Morgan fingerprint density at radius 3 is 2.70 bits per heavy atom. The lowest BCUT2D eigenvalue weighted by atomic mass is 10.0. The highest BCUT2D eigenvalue weighted by Crippen LogP contribution is 2.37. The van der Waals surface area contributed by atoms with E-state index >= 15 is 0 Å². The summed E-state index contributed by atoms with van der Waals surface area (Å²) in [6.45, 7) is 12.6. The molecule has 2 aliphatic heterocycles. The van der Waals surface area contributed by atoms with E-state index in [9.17, 15) is 4.79 Å². The lowest BCUT2D eigenvalue weighted by Crippen LogP contribution is -2.47. The van der Waals surface area contributed by atoms with Crippen molar-refractivity contribution in [3.8, 4) is 17.0 Å². The summed E-state index contributed by atoms with van der Waals surface area (Å²) < 4.78 is 7.62. The van der Waals surface area contributed by atoms with Gasteiger partial charge in [-0.25, -0.2) is 0 Å². The fraction of sp³-hybridized carbons (Fsp3) is 0.565. The molecule has 2 aliphatic rings. The molecule has 4 rings (SSSR count). The average Bonchev–Trinajstić information content (AvgIpc) is 3.16. The van der Waals surface area contributed by atoms with E-state index in [0.717, 1.165) is 67.3 Å². The largest absolute Gasteiger partial charge is 0.488 e. The Labute approximate surface area is 179 Å². The normalized spacial score (nSPS) is 16.6. The fourth-order valence-electron chi connectivity index (χ4n) is 4.35. The van der Waals surface area contributed by atoms with Gasteiger partial charge in [-0.2, -0.15) is 5.10 Å². The third-order valence-electron chi connectivity index (χ3n) is 5.96. The van der Waals surface area contributed by atoms with Crippen molar-refractivity contribution in [2.75, 3.05) is 45.8 Å². The molecule has 1 aromatic heterocycles. The van der Waals surface area contributed by atoms with Crippen LogP contribution in [-0.2, 0) is 17.9 Å². The number of carbonyl (C=O) groups excluding carboxylic acids is 1. The van der Waals surface area contributed by atoms with Gasteiger partial charge >= 0.3 is 0 Å². The highest BCUT2D eigenvalue weighted by atomic mass is 16.5. The summed E-state index contributed by atoms with van der Waals surface area (Å²) in [7, 11) is 0. The molecule has 0 unspecified atom stereocenters. The number of piperazine rings is 1. The molecule has 1 amide bonds. The van der Waals surface area contributed by atoms with Crippen LogP contribution in [0.25, 0.3) is 11.3 Å². The van der Waals surface area contributed by atoms with Crippen LogP contribution in [0.4, 0.5) is 0 Å². The molecule has 1 fully saturated rings. The zero-order valence-corrected chi connectivity index (χ0v) is 18.2. The van der Waals surface area contributed by atoms with E-state index in [0.29, 0.717) is 13.2 Å². The number of rotatable bonds is 8. The van der Waals surface area contributed by atoms with Crippen molar-refractivity contribution < 1.29 is 9.53 Å². The van der Waals surface area contributed by atoms with Crippen molar-refractivity contribution in [2.45, 2.75) is 39.8 Å². The van der Waals surface area contributed by atoms with Crippen molar-refractivity contribution >= 4 is 5.91 Å². The van der Waals surface area contributed by atoms with E-state index in [1.165, 1.54) is 13.0 Å². The number of ether oxygens (including phenoxy) is 1. The maximum absolute atomic E-state index is 12.5. The number of amides is 1. The van der Waals surface area contributed by atoms with Crippen molar-refractivity contribution in [2.24, 2.45) is 0 Å². The van der Waals surface area contributed by atoms with Gasteiger partial charge in [0, 0.05) is 43.9 Å². The second-order valence-electron chi connectivity index (χ2n) is 8.35. The maximum atomic E-state index is 12.5. The molecule has 3 heterocycles. The minimum absolute atomic E-state index is 0.00867. The molecule has 162 valence electrons. The third kappa shape index (κ3) is 4.84. The monoisotopic (exact) mass is 411 g/mol. The van der Waals surface area contributed by atoms with Gasteiger partial charge in [-0.1, -0.05) is 18.6 Å². The number of nitrogens with one attached hydrogen (secondary N) is 1. The predicted octanol–water partition coefficient (Wildman–Crippen LogP) is 2.28. The smallest absolute Gasteiger partial charge is 0.241 e. The zero-order valence-electron chi connectivity index (χ0n) is 18.2. The van der Waals surface area contributed by atoms with Crippen molar-refractivity contribution in [3.05, 3.63) is 35.5 Å². The Kier molecular flexibility index (Phi) is 6.69. The van der Waals surface area contributed by atoms with Crippen LogP contribution in [0.15, 0.2) is 24.4 Å². The highest BCUT2D eigenvalue weighted by Gasteiger charge is 2.23. The first-order valence-electron chi connectivity index (χ1n) is 11.1. The number of aromatic nitrogens is 2. The Bertz CT molecular complexity index is 870. The number of benzene rings is 1. The third-order valence-corrected chi connectivity index (χ3v) is 5.96. The molecule has 7 nitrogen and oxygen atoms in total. The van der Waals surface area contributed by atoms with Gasteiger partial charge < -0.3 is 19.9 Å². The lowest BCUT2D eigenvalue weighted by molar-refractivity contribution is -0.121. The molecule has 30 heavy (non-hydrogen) atoms. The molecule has 7 heteroatoms. The van der Waals surface area contributed by atoms with Gasteiger partial charge in [-0.05, 0) is 45.0 Å². The zero-order chi connectivity index (χ0) is 20.9. The summed E-state index contributed by atoms with van der Waals surface area (Å²) in [6.07, 6.45) is 4.02. The minimum atomic E-state index is 0.00867. The van der Waals surface area contributed by atoms with Gasteiger partial charge in [-0.15, -0.1) is 0 Å². The molecular formula is C23H33N5O2. The van der Waals surface area contributed by atoms with Crippen LogP contribution in [0.5, 0.6) is 5.75 Å². The number of carbonyl (C=O) groups is 1. The van der Waals surface area contributed by atoms with Crippen LogP contribution in [0.2, 0.25) is 0 Å². The Morgan fingerprint density at radius 2 is 1.93 bits per heavy atom. The molecule has 0 aliphatic carbocycles. The standard InChI is InChI=1S/C23H33N5O2/c1-3-8-26-10-12-27(13-11-26)9-4-7-24-22(29)16-28-23-19(15-25-28)17-30-21-6-5-18(2)14-20(21)23/h5-6,14-15H,3-4,7-13,16-17H2,1-2H3,(H,24,29). The van der Waals surface area contributed by atoms with Gasteiger partial charge in [0.2, 0.25) is 5.91 Å². The van der Waals surface area contributed by atoms with E-state index < -0.39 is 0 Å². The molecule has 0 atom stereocenters.